The number of hydrogen-bond donors (Lipinski definition) is 1. The summed E-state index contributed by atoms with van der Waals surface area (Å²) in [4.78, 5) is 29.0. The lowest BCUT2D eigenvalue weighted by molar-refractivity contribution is -0.115. The number of alkyl halides is 1. The van der Waals surface area contributed by atoms with Crippen LogP contribution in [0.2, 0.25) is 0 Å². The largest absolute Gasteiger partial charge is 0.462 e. The van der Waals surface area contributed by atoms with Gasteiger partial charge < -0.3 is 10.1 Å². The minimum Gasteiger partial charge on any atom is -0.462 e. The second-order valence-corrected chi connectivity index (χ2v) is 8.29. The summed E-state index contributed by atoms with van der Waals surface area (Å²) in [6.45, 7) is 9.70. The molecule has 7 nitrogen and oxygen atoms in total. The first-order valence-corrected chi connectivity index (χ1v) is 10.2. The van der Waals surface area contributed by atoms with Crippen molar-refractivity contribution in [3.63, 3.8) is 0 Å². The van der Waals surface area contributed by atoms with Crippen LogP contribution in [-0.4, -0.2) is 38.1 Å². The van der Waals surface area contributed by atoms with Crippen molar-refractivity contribution in [2.45, 2.75) is 39.4 Å². The predicted molar refractivity (Wildman–Crippen MR) is 116 cm³/mol. The van der Waals surface area contributed by atoms with E-state index in [1.54, 1.807) is 13.8 Å². The van der Waals surface area contributed by atoms with Gasteiger partial charge in [0.25, 0.3) is 0 Å². The van der Waals surface area contributed by atoms with E-state index in [0.717, 1.165) is 27.6 Å². The van der Waals surface area contributed by atoms with Crippen LogP contribution in [0.25, 0.3) is 16.7 Å². The molecule has 0 aliphatic rings. The number of pyridine rings is 1. The maximum atomic E-state index is 12.4. The molecule has 1 N–H and O–H groups in total. The number of esters is 1. The van der Waals surface area contributed by atoms with Crippen molar-refractivity contribution in [1.29, 1.82) is 0 Å². The third-order valence-corrected chi connectivity index (χ3v) is 4.94. The molecule has 152 valence electrons. The molecule has 1 unspecified atom stereocenters. The van der Waals surface area contributed by atoms with Gasteiger partial charge in [-0.05, 0) is 57.9 Å². The molecule has 0 radical (unpaired) electrons. The van der Waals surface area contributed by atoms with Gasteiger partial charge in [-0.3, -0.25) is 4.79 Å². The summed E-state index contributed by atoms with van der Waals surface area (Å²) >= 11 is 3.25. The van der Waals surface area contributed by atoms with E-state index in [0.29, 0.717) is 5.82 Å². The number of benzene rings is 1. The number of aromatic nitrogens is 3. The van der Waals surface area contributed by atoms with Gasteiger partial charge in [-0.15, -0.1) is 0 Å². The van der Waals surface area contributed by atoms with Gasteiger partial charge in [-0.2, -0.15) is 9.78 Å². The number of carbonyl (C=O) groups excluding carboxylic acids is 2. The van der Waals surface area contributed by atoms with Crippen LogP contribution in [0.4, 0.5) is 5.82 Å². The summed E-state index contributed by atoms with van der Waals surface area (Å²) < 4.78 is 6.57. The SMILES string of the molecule is CCOC(=O)c1cnn(-c2cc(C)c3cc(C)cc(C)c3n2)c1NC(=O)C(C)Br. The average Bonchev–Trinajstić information content (AvgIpc) is 3.06. The van der Waals surface area contributed by atoms with Gasteiger partial charge in [0.05, 0.1) is 23.1 Å². The van der Waals surface area contributed by atoms with E-state index in [-0.39, 0.29) is 23.9 Å². The molecule has 3 aromatic rings. The molecule has 0 aliphatic carbocycles. The normalized spacial score (nSPS) is 12.1. The zero-order valence-corrected chi connectivity index (χ0v) is 18.6. The van der Waals surface area contributed by atoms with E-state index in [4.69, 9.17) is 9.72 Å². The van der Waals surface area contributed by atoms with Crippen LogP contribution in [0.3, 0.4) is 0 Å². The molecule has 1 aromatic carbocycles. The highest BCUT2D eigenvalue weighted by molar-refractivity contribution is 9.10. The fourth-order valence-electron chi connectivity index (χ4n) is 3.15. The fourth-order valence-corrected chi connectivity index (χ4v) is 3.27. The molecule has 0 fully saturated rings. The molecule has 1 amide bonds. The molecule has 0 saturated carbocycles. The lowest BCUT2D eigenvalue weighted by Crippen LogP contribution is -2.23. The summed E-state index contributed by atoms with van der Waals surface area (Å²) in [5, 5.41) is 8.14. The Balaban J connectivity index is 2.20. The van der Waals surface area contributed by atoms with Gasteiger partial charge in [0.15, 0.2) is 11.6 Å². The summed E-state index contributed by atoms with van der Waals surface area (Å²) in [6.07, 6.45) is 1.38. The first-order valence-electron chi connectivity index (χ1n) is 9.32. The molecule has 0 aliphatic heterocycles. The average molecular weight is 459 g/mol. The van der Waals surface area contributed by atoms with Gasteiger partial charge in [-0.1, -0.05) is 27.6 Å². The Hall–Kier alpha value is -2.74. The number of aryl methyl sites for hydroxylation is 3. The van der Waals surface area contributed by atoms with E-state index in [9.17, 15) is 9.59 Å². The van der Waals surface area contributed by atoms with E-state index >= 15 is 0 Å². The van der Waals surface area contributed by atoms with E-state index in [2.05, 4.69) is 38.5 Å². The quantitative estimate of drug-likeness (QED) is 0.456. The second kappa shape index (κ2) is 8.32. The van der Waals surface area contributed by atoms with Gasteiger partial charge >= 0.3 is 5.97 Å². The standard InChI is InChI=1S/C21H23BrN4O3/c1-6-29-21(28)16-10-23-26(19(16)25-20(27)14(5)22)17-9-12(3)15-8-11(2)7-13(4)18(15)24-17/h7-10,14H,6H2,1-5H3,(H,25,27). The minimum absolute atomic E-state index is 0.175. The Morgan fingerprint density at radius 3 is 2.59 bits per heavy atom. The highest BCUT2D eigenvalue weighted by Crippen LogP contribution is 2.27. The van der Waals surface area contributed by atoms with Crippen molar-refractivity contribution in [1.82, 2.24) is 14.8 Å². The number of rotatable bonds is 5. The Labute approximate surface area is 177 Å². The van der Waals surface area contributed by atoms with Crippen LogP contribution in [-0.2, 0) is 9.53 Å². The van der Waals surface area contributed by atoms with Crippen molar-refractivity contribution in [3.05, 3.63) is 46.6 Å². The van der Waals surface area contributed by atoms with Crippen molar-refractivity contribution >= 4 is 44.5 Å². The van der Waals surface area contributed by atoms with Crippen LogP contribution >= 0.6 is 15.9 Å². The van der Waals surface area contributed by atoms with Crippen molar-refractivity contribution < 1.29 is 14.3 Å². The Morgan fingerprint density at radius 1 is 1.21 bits per heavy atom. The maximum absolute atomic E-state index is 12.4. The number of halogens is 1. The van der Waals surface area contributed by atoms with Gasteiger partial charge in [-0.25, -0.2) is 9.78 Å². The molecule has 1 atom stereocenters. The van der Waals surface area contributed by atoms with E-state index in [1.807, 2.05) is 26.8 Å². The first-order chi connectivity index (χ1) is 13.7. The highest BCUT2D eigenvalue weighted by atomic mass is 79.9. The molecular weight excluding hydrogens is 436 g/mol. The number of anilines is 1. The van der Waals surface area contributed by atoms with Crippen molar-refractivity contribution in [2.24, 2.45) is 0 Å². The molecule has 8 heteroatoms. The number of nitrogens with one attached hydrogen (secondary N) is 1. The van der Waals surface area contributed by atoms with Gasteiger partial charge in [0.2, 0.25) is 5.91 Å². The van der Waals surface area contributed by atoms with Crippen LogP contribution in [0.15, 0.2) is 24.4 Å². The topological polar surface area (TPSA) is 86.1 Å². The third-order valence-electron chi connectivity index (χ3n) is 4.53. The van der Waals surface area contributed by atoms with E-state index in [1.165, 1.54) is 10.9 Å². The second-order valence-electron chi connectivity index (χ2n) is 6.92. The molecule has 0 spiro atoms. The molecule has 0 saturated heterocycles. The highest BCUT2D eigenvalue weighted by Gasteiger charge is 2.23. The number of amides is 1. The molecule has 0 bridgehead atoms. The van der Waals surface area contributed by atoms with Crippen LogP contribution < -0.4 is 5.32 Å². The summed E-state index contributed by atoms with van der Waals surface area (Å²) in [5.41, 5.74) is 4.26. The zero-order valence-electron chi connectivity index (χ0n) is 17.0. The molecule has 3 rings (SSSR count). The smallest absolute Gasteiger partial charge is 0.343 e. The Kier molecular flexibility index (Phi) is 6.02. The molecule has 2 aromatic heterocycles. The number of ether oxygens (including phenoxy) is 1. The molecule has 29 heavy (non-hydrogen) atoms. The zero-order chi connectivity index (χ0) is 21.3. The van der Waals surface area contributed by atoms with Gasteiger partial charge in [0, 0.05) is 5.39 Å². The Bertz CT molecular complexity index is 1100. The van der Waals surface area contributed by atoms with Crippen molar-refractivity contribution in [3.8, 4) is 5.82 Å². The number of carbonyl (C=O) groups is 2. The summed E-state index contributed by atoms with van der Waals surface area (Å²) in [5.74, 6) is -0.118. The number of hydrogen-bond acceptors (Lipinski definition) is 5. The minimum atomic E-state index is -0.555. The van der Waals surface area contributed by atoms with Crippen LogP contribution in [0.1, 0.15) is 40.9 Å². The lowest BCUT2D eigenvalue weighted by atomic mass is 10.0. The van der Waals surface area contributed by atoms with Crippen molar-refractivity contribution in [2.75, 3.05) is 11.9 Å². The summed E-state index contributed by atoms with van der Waals surface area (Å²) in [6, 6.07) is 6.05. The van der Waals surface area contributed by atoms with Crippen LogP contribution in [0.5, 0.6) is 0 Å². The van der Waals surface area contributed by atoms with E-state index < -0.39 is 10.8 Å². The molecular formula is C21H23BrN4O3. The monoisotopic (exact) mass is 458 g/mol. The maximum Gasteiger partial charge on any atom is 0.343 e. The number of fused-ring (bicyclic) bond motifs is 1. The predicted octanol–water partition coefficient (Wildman–Crippen LogP) is 4.24. The lowest BCUT2D eigenvalue weighted by Gasteiger charge is -2.14. The number of nitrogens with zero attached hydrogens (tertiary/aromatic N) is 3. The van der Waals surface area contributed by atoms with Crippen LogP contribution in [0, 0.1) is 20.8 Å². The third kappa shape index (κ3) is 4.17. The summed E-state index contributed by atoms with van der Waals surface area (Å²) in [7, 11) is 0. The fraction of sp³-hybridized carbons (Fsp3) is 0.333. The van der Waals surface area contributed by atoms with Gasteiger partial charge in [0.1, 0.15) is 5.56 Å². The molecule has 2 heterocycles. The Morgan fingerprint density at radius 2 is 1.93 bits per heavy atom. The first kappa shape index (κ1) is 21.0.